The molecule has 144 valence electrons. The molecule has 0 aliphatic rings. The molecule has 0 bridgehead atoms. The van der Waals surface area contributed by atoms with Crippen LogP contribution in [0.5, 0.6) is 0 Å². The molecule has 0 fully saturated rings. The Kier molecular flexibility index (Phi) is 6.54. The minimum atomic E-state index is -0.194. The number of thioether (sulfide) groups is 1. The molecule has 28 heavy (non-hydrogen) atoms. The van der Waals surface area contributed by atoms with E-state index in [1.165, 1.54) is 17.3 Å². The Morgan fingerprint density at radius 3 is 2.54 bits per heavy atom. The number of hydrogen-bond acceptors (Lipinski definition) is 6. The van der Waals surface area contributed by atoms with Crippen LogP contribution in [0.2, 0.25) is 0 Å². The summed E-state index contributed by atoms with van der Waals surface area (Å²) in [4.78, 5) is 16.1. The van der Waals surface area contributed by atoms with Gasteiger partial charge in [0.25, 0.3) is 5.91 Å². The zero-order chi connectivity index (χ0) is 19.9. The van der Waals surface area contributed by atoms with Gasteiger partial charge in [-0.1, -0.05) is 41.6 Å². The summed E-state index contributed by atoms with van der Waals surface area (Å²) < 4.78 is 2.01. The molecule has 1 aromatic carbocycles. The number of hydrogen-bond donors (Lipinski definition) is 1. The van der Waals surface area contributed by atoms with E-state index >= 15 is 0 Å². The largest absolute Gasteiger partial charge is 0.302 e. The van der Waals surface area contributed by atoms with E-state index in [1.54, 1.807) is 12.4 Å². The highest BCUT2D eigenvalue weighted by molar-refractivity contribution is 7.99. The fourth-order valence-electron chi connectivity index (χ4n) is 2.56. The zero-order valence-corrected chi connectivity index (χ0v) is 16.9. The molecule has 0 atom stereocenters. The Morgan fingerprint density at radius 2 is 1.86 bits per heavy atom. The maximum atomic E-state index is 12.2. The quantitative estimate of drug-likeness (QED) is 0.378. The van der Waals surface area contributed by atoms with Gasteiger partial charge in [0.1, 0.15) is 0 Å². The second kappa shape index (κ2) is 9.27. The highest BCUT2D eigenvalue weighted by atomic mass is 32.2. The molecule has 2 heterocycles. The Hall–Kier alpha value is -3.00. The van der Waals surface area contributed by atoms with Crippen LogP contribution in [0.1, 0.15) is 25.0 Å². The van der Waals surface area contributed by atoms with E-state index in [-0.39, 0.29) is 11.7 Å². The van der Waals surface area contributed by atoms with Crippen molar-refractivity contribution in [1.29, 1.82) is 0 Å². The van der Waals surface area contributed by atoms with Crippen molar-refractivity contribution in [2.75, 3.05) is 5.75 Å². The van der Waals surface area contributed by atoms with Crippen molar-refractivity contribution in [1.82, 2.24) is 25.2 Å². The summed E-state index contributed by atoms with van der Waals surface area (Å²) in [6, 6.07) is 11.8. The SMILES string of the molecule is CCn1c(SCC(=O)N/N=C(/C)c2ccncc2)nnc1-c1ccc(C)cc1. The molecule has 0 saturated heterocycles. The molecule has 2 aromatic heterocycles. The van der Waals surface area contributed by atoms with Crippen LogP contribution in [-0.4, -0.2) is 37.1 Å². The van der Waals surface area contributed by atoms with E-state index < -0.39 is 0 Å². The van der Waals surface area contributed by atoms with E-state index in [0.29, 0.717) is 5.16 Å². The number of carbonyl (C=O) groups excluding carboxylic acids is 1. The van der Waals surface area contributed by atoms with Crippen molar-refractivity contribution >= 4 is 23.4 Å². The first-order chi connectivity index (χ1) is 13.6. The third-order valence-electron chi connectivity index (χ3n) is 4.12. The number of hydrazone groups is 1. The van der Waals surface area contributed by atoms with Gasteiger partial charge in [-0.3, -0.25) is 9.78 Å². The summed E-state index contributed by atoms with van der Waals surface area (Å²) in [5.41, 5.74) is 6.42. The normalized spacial score (nSPS) is 11.5. The van der Waals surface area contributed by atoms with Gasteiger partial charge in [0.05, 0.1) is 11.5 Å². The lowest BCUT2D eigenvalue weighted by molar-refractivity contribution is -0.118. The predicted octanol–water partition coefficient (Wildman–Crippen LogP) is 3.30. The molecule has 0 saturated carbocycles. The van der Waals surface area contributed by atoms with Crippen molar-refractivity contribution in [3.63, 3.8) is 0 Å². The number of benzene rings is 1. The molecule has 1 amide bonds. The molecule has 0 aliphatic heterocycles. The van der Waals surface area contributed by atoms with E-state index in [4.69, 9.17) is 0 Å². The Balaban J connectivity index is 1.63. The molecular formula is C20H22N6OS. The highest BCUT2D eigenvalue weighted by Crippen LogP contribution is 2.24. The minimum absolute atomic E-state index is 0.194. The van der Waals surface area contributed by atoms with Crippen molar-refractivity contribution in [2.45, 2.75) is 32.5 Å². The number of amides is 1. The second-order valence-electron chi connectivity index (χ2n) is 6.17. The first-order valence-electron chi connectivity index (χ1n) is 8.95. The second-order valence-corrected chi connectivity index (χ2v) is 7.12. The maximum Gasteiger partial charge on any atom is 0.250 e. The standard InChI is InChI=1S/C20H22N6OS/c1-4-26-19(17-7-5-14(2)6-8-17)24-25-20(26)28-13-18(27)23-22-15(3)16-9-11-21-12-10-16/h5-12H,4,13H2,1-3H3,(H,23,27)/b22-15-. The molecule has 0 unspecified atom stereocenters. The smallest absolute Gasteiger partial charge is 0.250 e. The van der Waals surface area contributed by atoms with Crippen LogP contribution in [0.3, 0.4) is 0 Å². The van der Waals surface area contributed by atoms with Crippen molar-refractivity contribution < 1.29 is 4.79 Å². The number of pyridine rings is 1. The highest BCUT2D eigenvalue weighted by Gasteiger charge is 2.14. The van der Waals surface area contributed by atoms with Gasteiger partial charge in [0.15, 0.2) is 11.0 Å². The van der Waals surface area contributed by atoms with Crippen molar-refractivity contribution in [2.24, 2.45) is 5.10 Å². The third-order valence-corrected chi connectivity index (χ3v) is 5.09. The fraction of sp³-hybridized carbons (Fsp3) is 0.250. The van der Waals surface area contributed by atoms with Crippen LogP contribution >= 0.6 is 11.8 Å². The first-order valence-corrected chi connectivity index (χ1v) is 9.93. The Labute approximate surface area is 168 Å². The van der Waals surface area contributed by atoms with Crippen LogP contribution in [0.15, 0.2) is 59.0 Å². The van der Waals surface area contributed by atoms with Gasteiger partial charge in [-0.2, -0.15) is 5.10 Å². The summed E-state index contributed by atoms with van der Waals surface area (Å²) in [6.07, 6.45) is 3.38. The lowest BCUT2D eigenvalue weighted by Gasteiger charge is -2.07. The van der Waals surface area contributed by atoms with Crippen LogP contribution in [-0.2, 0) is 11.3 Å². The number of carbonyl (C=O) groups is 1. The molecule has 8 heteroatoms. The van der Waals surface area contributed by atoms with Crippen molar-refractivity contribution in [3.05, 3.63) is 59.9 Å². The van der Waals surface area contributed by atoms with Gasteiger partial charge in [-0.15, -0.1) is 10.2 Å². The molecular weight excluding hydrogens is 372 g/mol. The van der Waals surface area contributed by atoms with Gasteiger partial charge in [0, 0.05) is 30.1 Å². The Bertz CT molecular complexity index is 966. The van der Waals surface area contributed by atoms with Crippen molar-refractivity contribution in [3.8, 4) is 11.4 Å². The van der Waals surface area contributed by atoms with Gasteiger partial charge >= 0.3 is 0 Å². The van der Waals surface area contributed by atoms with E-state index in [2.05, 4.69) is 25.7 Å². The number of nitrogens with one attached hydrogen (secondary N) is 1. The molecule has 0 spiro atoms. The van der Waals surface area contributed by atoms with Gasteiger partial charge in [0.2, 0.25) is 0 Å². The molecule has 3 aromatic rings. The number of nitrogens with zero attached hydrogens (tertiary/aromatic N) is 5. The van der Waals surface area contributed by atoms with Gasteiger partial charge in [-0.05, 0) is 32.9 Å². The molecule has 0 aliphatic carbocycles. The average Bonchev–Trinajstić information content (AvgIpc) is 3.14. The first kappa shape index (κ1) is 19.8. The summed E-state index contributed by atoms with van der Waals surface area (Å²) in [5, 5.41) is 13.4. The summed E-state index contributed by atoms with van der Waals surface area (Å²) in [6.45, 7) is 6.64. The number of rotatable bonds is 7. The van der Waals surface area contributed by atoms with Crippen LogP contribution in [0.4, 0.5) is 0 Å². The van der Waals surface area contributed by atoms with E-state index in [0.717, 1.165) is 29.2 Å². The van der Waals surface area contributed by atoms with Gasteiger partial charge in [-0.25, -0.2) is 5.43 Å². The Morgan fingerprint density at radius 1 is 1.14 bits per heavy atom. The molecule has 1 N–H and O–H groups in total. The van der Waals surface area contributed by atoms with Crippen LogP contribution < -0.4 is 5.43 Å². The predicted molar refractivity (Wildman–Crippen MR) is 111 cm³/mol. The molecule has 0 radical (unpaired) electrons. The summed E-state index contributed by atoms with van der Waals surface area (Å²) >= 11 is 1.34. The molecule has 7 nitrogen and oxygen atoms in total. The maximum absolute atomic E-state index is 12.2. The molecule has 3 rings (SSSR count). The minimum Gasteiger partial charge on any atom is -0.302 e. The lowest BCUT2D eigenvalue weighted by atomic mass is 10.1. The fourth-order valence-corrected chi connectivity index (χ4v) is 3.36. The lowest BCUT2D eigenvalue weighted by Crippen LogP contribution is -2.21. The average molecular weight is 395 g/mol. The van der Waals surface area contributed by atoms with Gasteiger partial charge < -0.3 is 4.57 Å². The summed E-state index contributed by atoms with van der Waals surface area (Å²) in [5.74, 6) is 0.817. The topological polar surface area (TPSA) is 85.1 Å². The third kappa shape index (κ3) is 4.83. The van der Waals surface area contributed by atoms with Crippen LogP contribution in [0.25, 0.3) is 11.4 Å². The number of aromatic nitrogens is 4. The van der Waals surface area contributed by atoms with E-state index in [9.17, 15) is 4.79 Å². The zero-order valence-electron chi connectivity index (χ0n) is 16.1. The van der Waals surface area contributed by atoms with Crippen LogP contribution in [0, 0.1) is 6.92 Å². The van der Waals surface area contributed by atoms with E-state index in [1.807, 2.05) is 61.7 Å². The summed E-state index contributed by atoms with van der Waals surface area (Å²) in [7, 11) is 0. The monoisotopic (exact) mass is 394 g/mol. The number of aryl methyl sites for hydroxylation is 1.